The predicted octanol–water partition coefficient (Wildman–Crippen LogP) is 1.63. The molecular formula is C14H18N2O4. The third-order valence-corrected chi connectivity index (χ3v) is 2.55. The maximum Gasteiger partial charge on any atom is 0.303 e. The molecule has 0 spiro atoms. The van der Waals surface area contributed by atoms with Gasteiger partial charge in [0.2, 0.25) is 5.91 Å². The quantitative estimate of drug-likeness (QED) is 0.706. The SMILES string of the molecule is CCCNC(=O)c1ccccc1NC(=O)CCC(=O)O. The minimum Gasteiger partial charge on any atom is -0.481 e. The van der Waals surface area contributed by atoms with Crippen molar-refractivity contribution in [1.29, 1.82) is 0 Å². The molecule has 20 heavy (non-hydrogen) atoms. The van der Waals surface area contributed by atoms with E-state index < -0.39 is 11.9 Å². The van der Waals surface area contributed by atoms with Crippen molar-refractivity contribution in [3.63, 3.8) is 0 Å². The third kappa shape index (κ3) is 5.09. The number of amides is 2. The smallest absolute Gasteiger partial charge is 0.303 e. The van der Waals surface area contributed by atoms with Crippen molar-refractivity contribution in [3.05, 3.63) is 29.8 Å². The Morgan fingerprint density at radius 2 is 1.85 bits per heavy atom. The Labute approximate surface area is 117 Å². The van der Waals surface area contributed by atoms with E-state index in [2.05, 4.69) is 10.6 Å². The highest BCUT2D eigenvalue weighted by Gasteiger charge is 2.13. The van der Waals surface area contributed by atoms with Crippen LogP contribution >= 0.6 is 0 Å². The maximum atomic E-state index is 11.9. The van der Waals surface area contributed by atoms with Crippen LogP contribution in [-0.4, -0.2) is 29.4 Å². The summed E-state index contributed by atoms with van der Waals surface area (Å²) in [6, 6.07) is 6.62. The lowest BCUT2D eigenvalue weighted by molar-refractivity contribution is -0.138. The molecule has 0 unspecified atom stereocenters. The first-order valence-corrected chi connectivity index (χ1v) is 6.43. The van der Waals surface area contributed by atoms with Crippen molar-refractivity contribution in [2.24, 2.45) is 0 Å². The van der Waals surface area contributed by atoms with Crippen molar-refractivity contribution < 1.29 is 19.5 Å². The number of rotatable bonds is 7. The number of para-hydroxylation sites is 1. The number of hydrogen-bond acceptors (Lipinski definition) is 3. The van der Waals surface area contributed by atoms with Crippen LogP contribution in [0.2, 0.25) is 0 Å². The molecular weight excluding hydrogens is 260 g/mol. The first-order chi connectivity index (χ1) is 9.54. The van der Waals surface area contributed by atoms with E-state index in [9.17, 15) is 14.4 Å². The molecule has 0 aliphatic heterocycles. The van der Waals surface area contributed by atoms with Gasteiger partial charge in [-0.1, -0.05) is 19.1 Å². The van der Waals surface area contributed by atoms with E-state index in [4.69, 9.17) is 5.11 Å². The minimum absolute atomic E-state index is 0.125. The van der Waals surface area contributed by atoms with Gasteiger partial charge in [0.05, 0.1) is 17.7 Å². The Balaban J connectivity index is 2.72. The first-order valence-electron chi connectivity index (χ1n) is 6.43. The number of anilines is 1. The highest BCUT2D eigenvalue weighted by molar-refractivity contribution is 6.04. The lowest BCUT2D eigenvalue weighted by atomic mass is 10.1. The Morgan fingerprint density at radius 1 is 1.15 bits per heavy atom. The molecule has 0 saturated carbocycles. The number of nitrogens with one attached hydrogen (secondary N) is 2. The molecule has 1 rings (SSSR count). The summed E-state index contributed by atoms with van der Waals surface area (Å²) in [5.74, 6) is -1.72. The van der Waals surface area contributed by atoms with Crippen LogP contribution < -0.4 is 10.6 Å². The van der Waals surface area contributed by atoms with E-state index in [1.54, 1.807) is 24.3 Å². The van der Waals surface area contributed by atoms with Crippen LogP contribution in [0, 0.1) is 0 Å². The van der Waals surface area contributed by atoms with Gasteiger partial charge in [-0.15, -0.1) is 0 Å². The van der Waals surface area contributed by atoms with Crippen molar-refractivity contribution in [2.45, 2.75) is 26.2 Å². The summed E-state index contributed by atoms with van der Waals surface area (Å²) in [4.78, 5) is 33.9. The zero-order chi connectivity index (χ0) is 15.0. The molecule has 2 amide bonds. The second kappa shape index (κ2) is 7.93. The molecule has 0 fully saturated rings. The molecule has 0 atom stereocenters. The highest BCUT2D eigenvalue weighted by atomic mass is 16.4. The molecule has 1 aromatic carbocycles. The van der Waals surface area contributed by atoms with Gasteiger partial charge < -0.3 is 15.7 Å². The summed E-state index contributed by atoms with van der Waals surface area (Å²) < 4.78 is 0. The second-order valence-corrected chi connectivity index (χ2v) is 4.24. The second-order valence-electron chi connectivity index (χ2n) is 4.24. The summed E-state index contributed by atoms with van der Waals surface area (Å²) >= 11 is 0. The molecule has 0 bridgehead atoms. The van der Waals surface area contributed by atoms with Crippen LogP contribution in [0.15, 0.2) is 24.3 Å². The average molecular weight is 278 g/mol. The molecule has 0 aliphatic rings. The number of carbonyl (C=O) groups excluding carboxylic acids is 2. The van der Waals surface area contributed by atoms with Crippen molar-refractivity contribution in [1.82, 2.24) is 5.32 Å². The largest absolute Gasteiger partial charge is 0.481 e. The first kappa shape index (κ1) is 15.7. The standard InChI is InChI=1S/C14H18N2O4/c1-2-9-15-14(20)10-5-3-4-6-11(10)16-12(17)7-8-13(18)19/h3-6H,2,7-9H2,1H3,(H,15,20)(H,16,17)(H,18,19). The van der Waals surface area contributed by atoms with E-state index >= 15 is 0 Å². The van der Waals surface area contributed by atoms with Crippen LogP contribution in [0.3, 0.4) is 0 Å². The molecule has 6 nitrogen and oxygen atoms in total. The van der Waals surface area contributed by atoms with Crippen molar-refractivity contribution in [3.8, 4) is 0 Å². The molecule has 3 N–H and O–H groups in total. The number of carbonyl (C=O) groups is 3. The van der Waals surface area contributed by atoms with Gasteiger partial charge in [-0.25, -0.2) is 0 Å². The van der Waals surface area contributed by atoms with Crippen LogP contribution in [-0.2, 0) is 9.59 Å². The van der Waals surface area contributed by atoms with Gasteiger partial charge >= 0.3 is 5.97 Å². The summed E-state index contributed by atoms with van der Waals surface area (Å²) in [5.41, 5.74) is 0.751. The summed E-state index contributed by atoms with van der Waals surface area (Å²) in [6.45, 7) is 2.50. The van der Waals surface area contributed by atoms with Gasteiger partial charge in [0.15, 0.2) is 0 Å². The fourth-order valence-corrected chi connectivity index (χ4v) is 1.56. The summed E-state index contributed by atoms with van der Waals surface area (Å²) in [7, 11) is 0. The molecule has 0 radical (unpaired) electrons. The Bertz CT molecular complexity index is 500. The van der Waals surface area contributed by atoms with Gasteiger partial charge in [-0.3, -0.25) is 14.4 Å². The van der Waals surface area contributed by atoms with Crippen molar-refractivity contribution >= 4 is 23.5 Å². The number of benzene rings is 1. The number of carboxylic acid groups (broad SMARTS) is 1. The molecule has 6 heteroatoms. The van der Waals surface area contributed by atoms with Gasteiger partial charge in [0.1, 0.15) is 0 Å². The van der Waals surface area contributed by atoms with Crippen LogP contribution in [0.25, 0.3) is 0 Å². The lowest BCUT2D eigenvalue weighted by Gasteiger charge is -2.10. The third-order valence-electron chi connectivity index (χ3n) is 2.55. The zero-order valence-corrected chi connectivity index (χ0v) is 11.3. The van der Waals surface area contributed by atoms with E-state index in [-0.39, 0.29) is 18.7 Å². The normalized spacial score (nSPS) is 9.85. The van der Waals surface area contributed by atoms with E-state index in [0.717, 1.165) is 6.42 Å². The highest BCUT2D eigenvalue weighted by Crippen LogP contribution is 2.15. The van der Waals surface area contributed by atoms with E-state index in [0.29, 0.717) is 17.8 Å². The molecule has 0 heterocycles. The minimum atomic E-state index is -1.03. The van der Waals surface area contributed by atoms with E-state index in [1.807, 2.05) is 6.92 Å². The van der Waals surface area contributed by atoms with Crippen LogP contribution in [0.4, 0.5) is 5.69 Å². The number of aliphatic carboxylic acids is 1. The van der Waals surface area contributed by atoms with Gasteiger partial charge in [-0.2, -0.15) is 0 Å². The molecule has 1 aromatic rings. The Kier molecular flexibility index (Phi) is 6.22. The van der Waals surface area contributed by atoms with Gasteiger partial charge in [0.25, 0.3) is 5.91 Å². The number of carboxylic acids is 1. The molecule has 0 aliphatic carbocycles. The summed E-state index contributed by atoms with van der Waals surface area (Å²) in [6.07, 6.45) is 0.454. The monoisotopic (exact) mass is 278 g/mol. The number of hydrogen-bond donors (Lipinski definition) is 3. The molecule has 0 aromatic heterocycles. The van der Waals surface area contributed by atoms with Crippen molar-refractivity contribution in [2.75, 3.05) is 11.9 Å². The molecule has 108 valence electrons. The van der Waals surface area contributed by atoms with Crippen LogP contribution in [0.1, 0.15) is 36.5 Å². The molecule has 0 saturated heterocycles. The maximum absolute atomic E-state index is 11.9. The van der Waals surface area contributed by atoms with Crippen LogP contribution in [0.5, 0.6) is 0 Å². The topological polar surface area (TPSA) is 95.5 Å². The Hall–Kier alpha value is -2.37. The fourth-order valence-electron chi connectivity index (χ4n) is 1.56. The summed E-state index contributed by atoms with van der Waals surface area (Å²) in [5, 5.41) is 13.8. The zero-order valence-electron chi connectivity index (χ0n) is 11.3. The van der Waals surface area contributed by atoms with E-state index in [1.165, 1.54) is 0 Å². The van der Waals surface area contributed by atoms with Gasteiger partial charge in [-0.05, 0) is 18.6 Å². The average Bonchev–Trinajstić information content (AvgIpc) is 2.43. The lowest BCUT2D eigenvalue weighted by Crippen LogP contribution is -2.25. The predicted molar refractivity (Wildman–Crippen MR) is 74.6 cm³/mol. The Morgan fingerprint density at radius 3 is 2.50 bits per heavy atom. The van der Waals surface area contributed by atoms with Gasteiger partial charge in [0, 0.05) is 13.0 Å². The fraction of sp³-hybridized carbons (Fsp3) is 0.357.